The second kappa shape index (κ2) is 6.86. The molecular weight excluding hydrogens is 335 g/mol. The van der Waals surface area contributed by atoms with Gasteiger partial charge in [-0.2, -0.15) is 0 Å². The minimum absolute atomic E-state index is 0.0148. The fourth-order valence-electron chi connectivity index (χ4n) is 2.90. The van der Waals surface area contributed by atoms with Crippen molar-refractivity contribution in [1.82, 2.24) is 20.3 Å². The third kappa shape index (κ3) is 3.27. The maximum absolute atomic E-state index is 14.0. The summed E-state index contributed by atoms with van der Waals surface area (Å²) in [5.74, 6) is -0.953. The van der Waals surface area contributed by atoms with Crippen molar-refractivity contribution in [3.63, 3.8) is 0 Å². The third-order valence-corrected chi connectivity index (χ3v) is 4.41. The Morgan fingerprint density at radius 2 is 2.38 bits per heavy atom. The van der Waals surface area contributed by atoms with Crippen LogP contribution in [0.1, 0.15) is 36.7 Å². The quantitative estimate of drug-likeness (QED) is 0.898. The molecule has 1 atom stereocenters. The molecule has 1 amide bonds. The lowest BCUT2D eigenvalue weighted by atomic mass is 9.92. The number of carbonyl (C=O) groups excluding carboxylic acids is 1. The van der Waals surface area contributed by atoms with Crippen LogP contribution in [0.3, 0.4) is 0 Å². The summed E-state index contributed by atoms with van der Waals surface area (Å²) in [7, 11) is 0. The molecule has 6 nitrogen and oxygen atoms in total. The number of nitrogens with zero attached hydrogens (tertiary/aromatic N) is 3. The van der Waals surface area contributed by atoms with Gasteiger partial charge < -0.3 is 10.1 Å². The first kappa shape index (κ1) is 16.9. The minimum atomic E-state index is -0.609. The predicted molar refractivity (Wildman–Crippen MR) is 86.9 cm³/mol. The Morgan fingerprint density at radius 3 is 3.08 bits per heavy atom. The van der Waals surface area contributed by atoms with Crippen molar-refractivity contribution in [2.45, 2.75) is 31.7 Å². The van der Waals surface area contributed by atoms with E-state index < -0.39 is 5.82 Å². The van der Waals surface area contributed by atoms with Gasteiger partial charge in [-0.1, -0.05) is 36.2 Å². The average Bonchev–Trinajstić information content (AvgIpc) is 3.20. The predicted octanol–water partition coefficient (Wildman–Crippen LogP) is 2.75. The lowest BCUT2D eigenvalue weighted by Crippen LogP contribution is -2.49. The summed E-state index contributed by atoms with van der Waals surface area (Å²) in [5, 5.41) is 10.7. The molecule has 8 heteroatoms. The van der Waals surface area contributed by atoms with E-state index in [4.69, 9.17) is 16.3 Å². The van der Waals surface area contributed by atoms with Crippen molar-refractivity contribution in [3.05, 3.63) is 40.9 Å². The smallest absolute Gasteiger partial charge is 0.273 e. The van der Waals surface area contributed by atoms with Crippen molar-refractivity contribution < 1.29 is 13.9 Å². The number of aromatic nitrogens is 3. The Hall–Kier alpha value is -1.99. The van der Waals surface area contributed by atoms with E-state index >= 15 is 0 Å². The summed E-state index contributed by atoms with van der Waals surface area (Å²) in [6.07, 6.45) is 3.92. The van der Waals surface area contributed by atoms with Crippen LogP contribution in [0.2, 0.25) is 5.02 Å². The second-order valence-electron chi connectivity index (χ2n) is 5.91. The maximum Gasteiger partial charge on any atom is 0.273 e. The van der Waals surface area contributed by atoms with E-state index in [1.54, 1.807) is 6.07 Å². The zero-order valence-electron chi connectivity index (χ0n) is 13.3. The number of carbonyl (C=O) groups is 1. The van der Waals surface area contributed by atoms with Crippen molar-refractivity contribution >= 4 is 17.5 Å². The average molecular weight is 353 g/mol. The SMILES string of the molecule is CCCC1(NC(=O)c2cn(-c3cccc(Cl)c3F)nn2)CCOC1. The molecular formula is C16H18ClFN4O2. The molecule has 2 aromatic rings. The number of amides is 1. The molecule has 3 rings (SSSR count). The van der Waals surface area contributed by atoms with Gasteiger partial charge in [-0.3, -0.25) is 4.79 Å². The Labute approximate surface area is 143 Å². The van der Waals surface area contributed by atoms with Gasteiger partial charge in [0.05, 0.1) is 23.4 Å². The highest BCUT2D eigenvalue weighted by molar-refractivity contribution is 6.30. The number of benzene rings is 1. The normalized spacial score (nSPS) is 20.3. The monoisotopic (exact) mass is 352 g/mol. The number of hydrogen-bond donors (Lipinski definition) is 1. The molecule has 1 aliphatic heterocycles. The van der Waals surface area contributed by atoms with Gasteiger partial charge in [-0.05, 0) is 25.0 Å². The summed E-state index contributed by atoms with van der Waals surface area (Å²) in [6, 6.07) is 4.56. The summed E-state index contributed by atoms with van der Waals surface area (Å²) in [5.41, 5.74) is -0.102. The fourth-order valence-corrected chi connectivity index (χ4v) is 3.07. The Balaban J connectivity index is 1.80. The van der Waals surface area contributed by atoms with Crippen LogP contribution in [0.25, 0.3) is 5.69 Å². The van der Waals surface area contributed by atoms with Gasteiger partial charge in [0.1, 0.15) is 5.69 Å². The molecule has 0 spiro atoms. The topological polar surface area (TPSA) is 69.0 Å². The van der Waals surface area contributed by atoms with Gasteiger partial charge in [-0.15, -0.1) is 5.10 Å². The highest BCUT2D eigenvalue weighted by Gasteiger charge is 2.36. The Bertz CT molecular complexity index is 743. The van der Waals surface area contributed by atoms with E-state index in [9.17, 15) is 9.18 Å². The maximum atomic E-state index is 14.0. The molecule has 128 valence electrons. The van der Waals surface area contributed by atoms with Gasteiger partial charge in [-0.25, -0.2) is 9.07 Å². The van der Waals surface area contributed by atoms with Crippen LogP contribution in [0.5, 0.6) is 0 Å². The first-order valence-corrected chi connectivity index (χ1v) is 8.19. The van der Waals surface area contributed by atoms with Gasteiger partial charge in [0, 0.05) is 6.61 Å². The number of rotatable bonds is 5. The van der Waals surface area contributed by atoms with Gasteiger partial charge in [0.15, 0.2) is 11.5 Å². The van der Waals surface area contributed by atoms with Crippen LogP contribution in [0.4, 0.5) is 4.39 Å². The highest BCUT2D eigenvalue weighted by Crippen LogP contribution is 2.25. The third-order valence-electron chi connectivity index (χ3n) is 4.11. The van der Waals surface area contributed by atoms with E-state index in [1.807, 2.05) is 0 Å². The zero-order chi connectivity index (χ0) is 17.2. The summed E-state index contributed by atoms with van der Waals surface area (Å²) in [4.78, 5) is 12.5. The van der Waals surface area contributed by atoms with E-state index in [-0.39, 0.29) is 27.9 Å². The van der Waals surface area contributed by atoms with Crippen LogP contribution in [-0.2, 0) is 4.74 Å². The van der Waals surface area contributed by atoms with E-state index in [2.05, 4.69) is 22.6 Å². The van der Waals surface area contributed by atoms with Crippen LogP contribution in [0, 0.1) is 5.82 Å². The molecule has 24 heavy (non-hydrogen) atoms. The molecule has 1 N–H and O–H groups in total. The molecule has 0 bridgehead atoms. The molecule has 0 radical (unpaired) electrons. The molecule has 0 aliphatic carbocycles. The summed E-state index contributed by atoms with van der Waals surface area (Å²) < 4.78 is 20.7. The standard InChI is InChI=1S/C16H18ClFN4O2/c1-2-6-16(7-8-24-10-16)19-15(23)12-9-22(21-20-12)13-5-3-4-11(17)14(13)18/h3-5,9H,2,6-8,10H2,1H3,(H,19,23). The summed E-state index contributed by atoms with van der Waals surface area (Å²) >= 11 is 5.77. The Kier molecular flexibility index (Phi) is 4.82. The number of ether oxygens (including phenoxy) is 1. The van der Waals surface area contributed by atoms with Crippen LogP contribution < -0.4 is 5.32 Å². The molecule has 1 aromatic heterocycles. The second-order valence-corrected chi connectivity index (χ2v) is 6.32. The van der Waals surface area contributed by atoms with Crippen molar-refractivity contribution in [1.29, 1.82) is 0 Å². The van der Waals surface area contributed by atoms with Crippen molar-refractivity contribution in [3.8, 4) is 5.69 Å². The number of hydrogen-bond acceptors (Lipinski definition) is 4. The first-order chi connectivity index (χ1) is 11.5. The number of nitrogens with one attached hydrogen (secondary N) is 1. The van der Waals surface area contributed by atoms with Gasteiger partial charge in [0.25, 0.3) is 5.91 Å². The van der Waals surface area contributed by atoms with Crippen LogP contribution in [0.15, 0.2) is 24.4 Å². The van der Waals surface area contributed by atoms with Crippen LogP contribution >= 0.6 is 11.6 Å². The lowest BCUT2D eigenvalue weighted by Gasteiger charge is -2.27. The Morgan fingerprint density at radius 1 is 1.54 bits per heavy atom. The van der Waals surface area contributed by atoms with Gasteiger partial charge >= 0.3 is 0 Å². The molecule has 1 saturated heterocycles. The molecule has 1 aliphatic rings. The molecule has 2 heterocycles. The minimum Gasteiger partial charge on any atom is -0.379 e. The largest absolute Gasteiger partial charge is 0.379 e. The molecule has 0 saturated carbocycles. The van der Waals surface area contributed by atoms with Gasteiger partial charge in [0.2, 0.25) is 0 Å². The highest BCUT2D eigenvalue weighted by atomic mass is 35.5. The lowest BCUT2D eigenvalue weighted by molar-refractivity contribution is 0.0864. The molecule has 1 fully saturated rings. The zero-order valence-corrected chi connectivity index (χ0v) is 14.0. The van der Waals surface area contributed by atoms with Crippen molar-refractivity contribution in [2.75, 3.05) is 13.2 Å². The van der Waals surface area contributed by atoms with Crippen LogP contribution in [-0.4, -0.2) is 39.7 Å². The fraction of sp³-hybridized carbons (Fsp3) is 0.438. The van der Waals surface area contributed by atoms with E-state index in [0.29, 0.717) is 13.2 Å². The van der Waals surface area contributed by atoms with E-state index in [0.717, 1.165) is 19.3 Å². The van der Waals surface area contributed by atoms with E-state index in [1.165, 1.54) is 23.0 Å². The van der Waals surface area contributed by atoms with Crippen molar-refractivity contribution in [2.24, 2.45) is 0 Å². The molecule has 1 aromatic carbocycles. The summed E-state index contributed by atoms with van der Waals surface area (Å²) in [6.45, 7) is 3.18. The molecule has 1 unspecified atom stereocenters. The first-order valence-electron chi connectivity index (χ1n) is 7.82. The number of halogens is 2.